The van der Waals surface area contributed by atoms with Gasteiger partial charge in [-0.3, -0.25) is 14.3 Å². The van der Waals surface area contributed by atoms with Crippen LogP contribution in [-0.4, -0.2) is 41.0 Å². The Labute approximate surface area is 153 Å². The third-order valence-corrected chi connectivity index (χ3v) is 3.88. The normalized spacial score (nSPS) is 12.3. The van der Waals surface area contributed by atoms with Crippen molar-refractivity contribution in [1.29, 1.82) is 0 Å². The molecule has 0 fully saturated rings. The number of aryl methyl sites for hydroxylation is 1. The van der Waals surface area contributed by atoms with Crippen molar-refractivity contribution >= 4 is 5.91 Å². The zero-order valence-electron chi connectivity index (χ0n) is 15.2. The Hall–Kier alpha value is -2.62. The van der Waals surface area contributed by atoms with Gasteiger partial charge >= 0.3 is 0 Å². The highest BCUT2D eigenvalue weighted by Crippen LogP contribution is 2.26. The molecule has 0 spiro atoms. The van der Waals surface area contributed by atoms with Crippen LogP contribution in [0.4, 0.5) is 17.6 Å². The number of carbonyl (C=O) groups is 1. The maximum absolute atomic E-state index is 13.8. The highest BCUT2D eigenvalue weighted by atomic mass is 19.3. The molecule has 0 radical (unpaired) electrons. The number of nitrogens with zero attached hydrogens (tertiary/aromatic N) is 3. The number of benzene rings is 1. The van der Waals surface area contributed by atoms with E-state index < -0.39 is 41.5 Å². The monoisotopic (exact) mass is 389 g/mol. The number of halogens is 4. The number of rotatable bonds is 7. The second kappa shape index (κ2) is 8.38. The van der Waals surface area contributed by atoms with Crippen LogP contribution < -0.4 is 4.74 Å². The molecule has 0 aliphatic carbocycles. The van der Waals surface area contributed by atoms with Crippen molar-refractivity contribution in [3.63, 3.8) is 0 Å². The van der Waals surface area contributed by atoms with Gasteiger partial charge in [-0.05, 0) is 31.0 Å². The number of hydroxylamine groups is 2. The summed E-state index contributed by atoms with van der Waals surface area (Å²) in [5.41, 5.74) is -0.736. The number of aromatic nitrogens is 2. The molecule has 1 aromatic carbocycles. The van der Waals surface area contributed by atoms with E-state index in [1.807, 2.05) is 0 Å². The van der Waals surface area contributed by atoms with E-state index in [2.05, 4.69) is 9.84 Å². The zero-order valence-corrected chi connectivity index (χ0v) is 15.2. The van der Waals surface area contributed by atoms with E-state index in [-0.39, 0.29) is 17.5 Å². The molecule has 148 valence electrons. The lowest BCUT2D eigenvalue weighted by atomic mass is 10.1. The molecule has 2 rings (SSSR count). The van der Waals surface area contributed by atoms with Gasteiger partial charge in [0.05, 0.1) is 25.8 Å². The van der Waals surface area contributed by atoms with Crippen molar-refractivity contribution in [3.05, 3.63) is 46.8 Å². The smallest absolute Gasteiger partial charge is 0.282 e. The highest BCUT2D eigenvalue weighted by molar-refractivity contribution is 5.94. The SMILES string of the molecule is COc1c(F)cc(CC(C)N(OC)C(=O)c2cn(C)nc2C(F)F)cc1F. The fraction of sp³-hybridized carbons (Fsp3) is 0.412. The lowest BCUT2D eigenvalue weighted by molar-refractivity contribution is -0.119. The summed E-state index contributed by atoms with van der Waals surface area (Å²) in [6.07, 6.45) is -1.76. The Kier molecular flexibility index (Phi) is 6.42. The van der Waals surface area contributed by atoms with Gasteiger partial charge in [0.15, 0.2) is 17.4 Å². The molecule has 1 atom stereocenters. The summed E-state index contributed by atoms with van der Waals surface area (Å²) < 4.78 is 59.6. The average molecular weight is 389 g/mol. The third kappa shape index (κ3) is 4.38. The number of ether oxygens (including phenoxy) is 1. The van der Waals surface area contributed by atoms with Crippen LogP contribution >= 0.6 is 0 Å². The second-order valence-corrected chi connectivity index (χ2v) is 5.86. The van der Waals surface area contributed by atoms with Crippen LogP contribution in [0.2, 0.25) is 0 Å². The van der Waals surface area contributed by atoms with E-state index in [1.54, 1.807) is 6.92 Å². The number of hydrogen-bond donors (Lipinski definition) is 0. The molecule has 1 aromatic heterocycles. The molecule has 0 saturated heterocycles. The number of hydrogen-bond acceptors (Lipinski definition) is 4. The van der Waals surface area contributed by atoms with Crippen molar-refractivity contribution in [2.75, 3.05) is 14.2 Å². The van der Waals surface area contributed by atoms with E-state index in [9.17, 15) is 22.4 Å². The first-order valence-electron chi connectivity index (χ1n) is 7.90. The van der Waals surface area contributed by atoms with E-state index in [0.29, 0.717) is 0 Å². The van der Waals surface area contributed by atoms with Gasteiger partial charge in [0.1, 0.15) is 5.69 Å². The van der Waals surface area contributed by atoms with Gasteiger partial charge in [0.25, 0.3) is 12.3 Å². The Bertz CT molecular complexity index is 803. The van der Waals surface area contributed by atoms with Gasteiger partial charge in [0, 0.05) is 13.2 Å². The van der Waals surface area contributed by atoms with Crippen molar-refractivity contribution in [2.45, 2.75) is 25.8 Å². The largest absolute Gasteiger partial charge is 0.491 e. The topological polar surface area (TPSA) is 56.6 Å². The first-order chi connectivity index (χ1) is 12.7. The maximum Gasteiger partial charge on any atom is 0.282 e. The highest BCUT2D eigenvalue weighted by Gasteiger charge is 2.29. The molecule has 1 heterocycles. The van der Waals surface area contributed by atoms with Crippen molar-refractivity contribution < 1.29 is 31.9 Å². The first-order valence-corrected chi connectivity index (χ1v) is 7.90. The number of alkyl halides is 2. The number of amides is 1. The van der Waals surface area contributed by atoms with Crippen LogP contribution in [-0.2, 0) is 18.3 Å². The molecule has 0 aliphatic heterocycles. The van der Waals surface area contributed by atoms with Gasteiger partial charge in [-0.15, -0.1) is 0 Å². The van der Waals surface area contributed by atoms with E-state index in [0.717, 1.165) is 35.2 Å². The lowest BCUT2D eigenvalue weighted by Crippen LogP contribution is -2.39. The quantitative estimate of drug-likeness (QED) is 0.539. The number of methoxy groups -OCH3 is 1. The Balaban J connectivity index is 2.26. The van der Waals surface area contributed by atoms with Gasteiger partial charge in [-0.2, -0.15) is 5.10 Å². The fourth-order valence-electron chi connectivity index (χ4n) is 2.76. The molecule has 0 saturated carbocycles. The van der Waals surface area contributed by atoms with Crippen LogP contribution in [0.25, 0.3) is 0 Å². The van der Waals surface area contributed by atoms with Gasteiger partial charge in [0.2, 0.25) is 0 Å². The molecule has 6 nitrogen and oxygen atoms in total. The maximum atomic E-state index is 13.8. The van der Waals surface area contributed by atoms with Crippen LogP contribution in [0.15, 0.2) is 18.3 Å². The molecule has 0 N–H and O–H groups in total. The van der Waals surface area contributed by atoms with Gasteiger partial charge in [-0.1, -0.05) is 0 Å². The van der Waals surface area contributed by atoms with Crippen LogP contribution in [0.3, 0.4) is 0 Å². The summed E-state index contributed by atoms with van der Waals surface area (Å²) in [6, 6.07) is 1.44. The summed E-state index contributed by atoms with van der Waals surface area (Å²) in [6.45, 7) is 1.56. The van der Waals surface area contributed by atoms with Gasteiger partial charge in [-0.25, -0.2) is 22.6 Å². The predicted octanol–water partition coefficient (Wildman–Crippen LogP) is 3.28. The van der Waals surface area contributed by atoms with Gasteiger partial charge < -0.3 is 4.74 Å². The third-order valence-electron chi connectivity index (χ3n) is 3.88. The molecule has 2 aromatic rings. The summed E-state index contributed by atoms with van der Waals surface area (Å²) in [5.74, 6) is -3.12. The Morgan fingerprint density at radius 3 is 2.33 bits per heavy atom. The van der Waals surface area contributed by atoms with Crippen molar-refractivity contribution in [2.24, 2.45) is 7.05 Å². The molecular weight excluding hydrogens is 370 g/mol. The van der Waals surface area contributed by atoms with E-state index >= 15 is 0 Å². The summed E-state index contributed by atoms with van der Waals surface area (Å²) in [4.78, 5) is 17.7. The average Bonchev–Trinajstić information content (AvgIpc) is 2.97. The number of carbonyl (C=O) groups excluding carboxylic acids is 1. The second-order valence-electron chi connectivity index (χ2n) is 5.86. The minimum atomic E-state index is -2.94. The molecule has 0 bridgehead atoms. The van der Waals surface area contributed by atoms with Crippen LogP contribution in [0.5, 0.6) is 5.75 Å². The standard InChI is InChI=1S/C17H19F4N3O3/c1-9(5-10-6-12(18)15(26-3)13(19)7-10)24(27-4)17(25)11-8-23(2)22-14(11)16(20)21/h6-9,16H,5H2,1-4H3. The lowest BCUT2D eigenvalue weighted by Gasteiger charge is -2.26. The molecule has 0 aliphatic rings. The zero-order chi connectivity index (χ0) is 20.3. The first kappa shape index (κ1) is 20.7. The Morgan fingerprint density at radius 2 is 1.85 bits per heavy atom. The molecular formula is C17H19F4N3O3. The van der Waals surface area contributed by atoms with Crippen molar-refractivity contribution in [1.82, 2.24) is 14.8 Å². The molecule has 10 heteroatoms. The van der Waals surface area contributed by atoms with E-state index in [4.69, 9.17) is 4.84 Å². The molecule has 1 amide bonds. The summed E-state index contributed by atoms with van der Waals surface area (Å²) in [5, 5.41) is 4.45. The molecule has 27 heavy (non-hydrogen) atoms. The van der Waals surface area contributed by atoms with E-state index in [1.165, 1.54) is 14.2 Å². The van der Waals surface area contributed by atoms with Crippen molar-refractivity contribution in [3.8, 4) is 5.75 Å². The summed E-state index contributed by atoms with van der Waals surface area (Å²) >= 11 is 0. The van der Waals surface area contributed by atoms with Crippen LogP contribution in [0, 0.1) is 11.6 Å². The van der Waals surface area contributed by atoms with Crippen LogP contribution in [0.1, 0.15) is 35.0 Å². The molecule has 1 unspecified atom stereocenters. The fourth-order valence-corrected chi connectivity index (χ4v) is 2.76. The Morgan fingerprint density at radius 1 is 1.26 bits per heavy atom. The summed E-state index contributed by atoms with van der Waals surface area (Å²) in [7, 11) is 3.75. The predicted molar refractivity (Wildman–Crippen MR) is 87.4 cm³/mol. The minimum absolute atomic E-state index is 0.0156. The minimum Gasteiger partial charge on any atom is -0.491 e.